The van der Waals surface area contributed by atoms with Crippen LogP contribution in [-0.4, -0.2) is 29.4 Å². The van der Waals surface area contributed by atoms with Gasteiger partial charge in [0.15, 0.2) is 0 Å². The summed E-state index contributed by atoms with van der Waals surface area (Å²) in [7, 11) is 0. The number of nitrogen functional groups attached to an aromatic ring is 1. The lowest BCUT2D eigenvalue weighted by atomic mass is 10.1. The third kappa shape index (κ3) is 1.85. The number of benzene rings is 1. The molecule has 102 valence electrons. The summed E-state index contributed by atoms with van der Waals surface area (Å²) in [6.45, 7) is 1.92. The highest BCUT2D eigenvalue weighted by atomic mass is 16.2. The van der Waals surface area contributed by atoms with Crippen LogP contribution in [0.5, 0.6) is 0 Å². The van der Waals surface area contributed by atoms with E-state index < -0.39 is 6.04 Å². The number of nitrogens with one attached hydrogen (secondary N) is 1. The number of hydrogen-bond acceptors (Lipinski definition) is 5. The van der Waals surface area contributed by atoms with Gasteiger partial charge in [0, 0.05) is 34.5 Å². The van der Waals surface area contributed by atoms with Crippen molar-refractivity contribution in [2.24, 2.45) is 0 Å². The summed E-state index contributed by atoms with van der Waals surface area (Å²) in [5.41, 5.74) is 7.37. The number of amides is 2. The maximum Gasteiger partial charge on any atom is 0.249 e. The van der Waals surface area contributed by atoms with E-state index >= 15 is 0 Å². The number of aromatic nitrogens is 1. The lowest BCUT2D eigenvalue weighted by Crippen LogP contribution is -2.57. The van der Waals surface area contributed by atoms with Crippen LogP contribution in [0.15, 0.2) is 30.6 Å². The first-order valence-corrected chi connectivity index (χ1v) is 6.30. The fourth-order valence-electron chi connectivity index (χ4n) is 2.45. The molecule has 1 unspecified atom stereocenters. The molecule has 0 saturated carbocycles. The van der Waals surface area contributed by atoms with Crippen molar-refractivity contribution in [2.45, 2.75) is 13.0 Å². The SMILES string of the molecule is CC1C(=O)NC(=O)CN1c1ccc(N)c2cnccc12. The Balaban J connectivity index is 2.17. The molecular formula is C14H14N4O2. The molecule has 0 spiro atoms. The minimum absolute atomic E-state index is 0.147. The molecule has 20 heavy (non-hydrogen) atoms. The molecule has 0 bridgehead atoms. The number of fused-ring (bicyclic) bond motifs is 1. The van der Waals surface area contributed by atoms with Crippen LogP contribution in [0.4, 0.5) is 11.4 Å². The quantitative estimate of drug-likeness (QED) is 0.587. The summed E-state index contributed by atoms with van der Waals surface area (Å²) in [4.78, 5) is 29.2. The molecule has 6 heteroatoms. The number of carbonyl (C=O) groups excluding carboxylic acids is 2. The molecule has 1 aliphatic rings. The number of nitrogens with zero attached hydrogens (tertiary/aromatic N) is 2. The summed E-state index contributed by atoms with van der Waals surface area (Å²) >= 11 is 0. The Kier molecular flexibility index (Phi) is 2.78. The van der Waals surface area contributed by atoms with Crippen molar-refractivity contribution >= 4 is 34.0 Å². The van der Waals surface area contributed by atoms with Crippen molar-refractivity contribution in [3.05, 3.63) is 30.6 Å². The second-order valence-electron chi connectivity index (χ2n) is 4.81. The molecule has 1 fully saturated rings. The van der Waals surface area contributed by atoms with Gasteiger partial charge < -0.3 is 10.6 Å². The van der Waals surface area contributed by atoms with E-state index in [1.54, 1.807) is 30.3 Å². The highest BCUT2D eigenvalue weighted by Crippen LogP contribution is 2.31. The lowest BCUT2D eigenvalue weighted by Gasteiger charge is -2.34. The number of imide groups is 1. The highest BCUT2D eigenvalue weighted by Gasteiger charge is 2.31. The zero-order valence-electron chi connectivity index (χ0n) is 11.0. The molecule has 3 rings (SSSR count). The van der Waals surface area contributed by atoms with Crippen molar-refractivity contribution in [3.63, 3.8) is 0 Å². The Morgan fingerprint density at radius 1 is 1.30 bits per heavy atom. The van der Waals surface area contributed by atoms with Crippen molar-refractivity contribution in [1.82, 2.24) is 10.3 Å². The van der Waals surface area contributed by atoms with E-state index in [0.717, 1.165) is 16.5 Å². The molecule has 2 aromatic rings. The van der Waals surface area contributed by atoms with Crippen LogP contribution in [0, 0.1) is 0 Å². The molecule has 6 nitrogen and oxygen atoms in total. The van der Waals surface area contributed by atoms with Gasteiger partial charge in [-0.2, -0.15) is 0 Å². The number of pyridine rings is 1. The van der Waals surface area contributed by atoms with Gasteiger partial charge in [-0.05, 0) is 25.1 Å². The number of anilines is 2. The summed E-state index contributed by atoms with van der Waals surface area (Å²) in [5.74, 6) is -0.590. The predicted molar refractivity (Wildman–Crippen MR) is 76.1 cm³/mol. The van der Waals surface area contributed by atoms with E-state index in [4.69, 9.17) is 5.73 Å². The third-order valence-electron chi connectivity index (χ3n) is 3.56. The maximum atomic E-state index is 11.8. The minimum Gasteiger partial charge on any atom is -0.398 e. The van der Waals surface area contributed by atoms with Crippen LogP contribution in [0.25, 0.3) is 10.8 Å². The molecule has 1 atom stereocenters. The van der Waals surface area contributed by atoms with Gasteiger partial charge in [0.1, 0.15) is 6.04 Å². The fourth-order valence-corrected chi connectivity index (χ4v) is 2.45. The zero-order valence-corrected chi connectivity index (χ0v) is 11.0. The Hall–Kier alpha value is -2.63. The smallest absolute Gasteiger partial charge is 0.249 e. The van der Waals surface area contributed by atoms with E-state index in [0.29, 0.717) is 5.69 Å². The molecule has 1 saturated heterocycles. The van der Waals surface area contributed by atoms with E-state index in [1.165, 1.54) is 0 Å². The van der Waals surface area contributed by atoms with Crippen LogP contribution in [0.1, 0.15) is 6.92 Å². The predicted octanol–water partition coefficient (Wildman–Crippen LogP) is 0.668. The first kappa shape index (κ1) is 12.4. The third-order valence-corrected chi connectivity index (χ3v) is 3.56. The van der Waals surface area contributed by atoms with Crippen molar-refractivity contribution in [2.75, 3.05) is 17.2 Å². The van der Waals surface area contributed by atoms with Crippen molar-refractivity contribution in [3.8, 4) is 0 Å². The van der Waals surface area contributed by atoms with Crippen LogP contribution in [0.3, 0.4) is 0 Å². The Morgan fingerprint density at radius 2 is 2.10 bits per heavy atom. The second-order valence-corrected chi connectivity index (χ2v) is 4.81. The molecule has 2 heterocycles. The van der Waals surface area contributed by atoms with Crippen LogP contribution >= 0.6 is 0 Å². The lowest BCUT2D eigenvalue weighted by molar-refractivity contribution is -0.132. The molecule has 2 amide bonds. The topological polar surface area (TPSA) is 88.3 Å². The Labute approximate surface area is 115 Å². The first-order chi connectivity index (χ1) is 9.58. The van der Waals surface area contributed by atoms with Gasteiger partial charge in [0.05, 0.1) is 6.54 Å². The molecule has 3 N–H and O–H groups in total. The van der Waals surface area contributed by atoms with Crippen molar-refractivity contribution < 1.29 is 9.59 Å². The van der Waals surface area contributed by atoms with E-state index in [9.17, 15) is 9.59 Å². The second kappa shape index (κ2) is 4.48. The number of piperazine rings is 1. The van der Waals surface area contributed by atoms with Gasteiger partial charge in [-0.1, -0.05) is 0 Å². The van der Waals surface area contributed by atoms with Crippen LogP contribution in [-0.2, 0) is 9.59 Å². The molecule has 1 aliphatic heterocycles. The van der Waals surface area contributed by atoms with E-state index in [1.807, 2.05) is 12.1 Å². The number of carbonyl (C=O) groups is 2. The fraction of sp³-hybridized carbons (Fsp3) is 0.214. The summed E-state index contributed by atoms with van der Waals surface area (Å²) in [5, 5.41) is 4.03. The van der Waals surface area contributed by atoms with E-state index in [2.05, 4.69) is 10.3 Å². The van der Waals surface area contributed by atoms with Crippen LogP contribution in [0.2, 0.25) is 0 Å². The number of rotatable bonds is 1. The van der Waals surface area contributed by atoms with Gasteiger partial charge >= 0.3 is 0 Å². The highest BCUT2D eigenvalue weighted by molar-refractivity contribution is 6.08. The Bertz CT molecular complexity index is 713. The summed E-state index contributed by atoms with van der Waals surface area (Å²) in [6.07, 6.45) is 3.35. The summed E-state index contributed by atoms with van der Waals surface area (Å²) < 4.78 is 0. The number of nitrogens with two attached hydrogens (primary N) is 1. The maximum absolute atomic E-state index is 11.8. The zero-order chi connectivity index (χ0) is 14.3. The van der Waals surface area contributed by atoms with Gasteiger partial charge in [-0.3, -0.25) is 19.9 Å². The first-order valence-electron chi connectivity index (χ1n) is 6.30. The average molecular weight is 270 g/mol. The van der Waals surface area contributed by atoms with Crippen LogP contribution < -0.4 is 16.0 Å². The van der Waals surface area contributed by atoms with Crippen molar-refractivity contribution in [1.29, 1.82) is 0 Å². The molecule has 1 aromatic heterocycles. The van der Waals surface area contributed by atoms with Gasteiger partial charge in [-0.25, -0.2) is 0 Å². The molecule has 0 radical (unpaired) electrons. The number of hydrogen-bond donors (Lipinski definition) is 2. The van der Waals surface area contributed by atoms with Gasteiger partial charge in [-0.15, -0.1) is 0 Å². The average Bonchev–Trinajstić information content (AvgIpc) is 2.44. The Morgan fingerprint density at radius 3 is 2.90 bits per heavy atom. The molecule has 0 aliphatic carbocycles. The van der Waals surface area contributed by atoms with Gasteiger partial charge in [0.25, 0.3) is 0 Å². The molecule has 1 aromatic carbocycles. The van der Waals surface area contributed by atoms with Gasteiger partial charge in [0.2, 0.25) is 11.8 Å². The minimum atomic E-state index is -0.410. The molecular weight excluding hydrogens is 256 g/mol. The monoisotopic (exact) mass is 270 g/mol. The standard InChI is InChI=1S/C14H14N4O2/c1-8-14(20)17-13(19)7-18(8)12-3-2-11(15)10-6-16-5-4-9(10)12/h2-6,8H,7,15H2,1H3,(H,17,19,20). The normalized spacial score (nSPS) is 19.2. The van der Waals surface area contributed by atoms with E-state index in [-0.39, 0.29) is 18.4 Å². The summed E-state index contributed by atoms with van der Waals surface area (Å²) in [6, 6.07) is 5.03. The largest absolute Gasteiger partial charge is 0.398 e.